The normalized spacial score (nSPS) is 10.3. The Hall–Kier alpha value is -2.60. The van der Waals surface area contributed by atoms with Crippen molar-refractivity contribution in [3.05, 3.63) is 58.9 Å². The summed E-state index contributed by atoms with van der Waals surface area (Å²) >= 11 is 6.02. The third-order valence-electron chi connectivity index (χ3n) is 3.75. The van der Waals surface area contributed by atoms with Crippen LogP contribution in [-0.2, 0) is 16.0 Å². The third kappa shape index (κ3) is 5.46. The van der Waals surface area contributed by atoms with Crippen molar-refractivity contribution in [3.63, 3.8) is 0 Å². The number of rotatable bonds is 7. The Morgan fingerprint density at radius 2 is 1.88 bits per heavy atom. The molecule has 1 N–H and O–H groups in total. The van der Waals surface area contributed by atoms with Gasteiger partial charge in [0.2, 0.25) is 11.8 Å². The molecule has 0 fully saturated rings. The number of nitrogens with zero attached hydrogens (tertiary/aromatic N) is 1. The molecule has 2 rings (SSSR count). The van der Waals surface area contributed by atoms with E-state index in [-0.39, 0.29) is 37.1 Å². The summed E-state index contributed by atoms with van der Waals surface area (Å²) in [5.41, 5.74) is 1.25. The highest BCUT2D eigenvalue weighted by Crippen LogP contribution is 2.31. The molecule has 0 unspecified atom stereocenters. The minimum absolute atomic E-state index is 0.140. The highest BCUT2D eigenvalue weighted by atomic mass is 35.5. The molecule has 0 aliphatic carbocycles. The van der Waals surface area contributed by atoms with E-state index < -0.39 is 0 Å². The summed E-state index contributed by atoms with van der Waals surface area (Å²) in [7, 11) is 1.51. The van der Waals surface area contributed by atoms with Crippen LogP contribution >= 0.6 is 11.6 Å². The molecule has 0 atom stereocenters. The highest BCUT2D eigenvalue weighted by Gasteiger charge is 2.17. The Balaban J connectivity index is 1.97. The molecule has 0 aromatic heterocycles. The number of carbonyl (C=O) groups excluding carboxylic acids is 2. The Kier molecular flexibility index (Phi) is 6.97. The third-order valence-corrected chi connectivity index (χ3v) is 3.98. The van der Waals surface area contributed by atoms with Crippen molar-refractivity contribution in [2.45, 2.75) is 13.3 Å². The van der Waals surface area contributed by atoms with Crippen LogP contribution in [0.4, 0.5) is 10.1 Å². The van der Waals surface area contributed by atoms with Crippen LogP contribution in [0.25, 0.3) is 0 Å². The molecule has 2 aromatic carbocycles. The number of carbonyl (C=O) groups is 2. The van der Waals surface area contributed by atoms with Crippen molar-refractivity contribution >= 4 is 29.1 Å². The second-order valence-corrected chi connectivity index (χ2v) is 6.08. The zero-order chi connectivity index (χ0) is 19.1. The van der Waals surface area contributed by atoms with Crippen LogP contribution in [0.1, 0.15) is 12.5 Å². The van der Waals surface area contributed by atoms with E-state index in [9.17, 15) is 14.0 Å². The number of halogens is 2. The van der Waals surface area contributed by atoms with Gasteiger partial charge in [0.1, 0.15) is 11.6 Å². The van der Waals surface area contributed by atoms with Crippen molar-refractivity contribution in [1.29, 1.82) is 0 Å². The first-order chi connectivity index (χ1) is 12.4. The van der Waals surface area contributed by atoms with E-state index in [1.165, 1.54) is 31.1 Å². The number of nitrogens with one attached hydrogen (secondary N) is 1. The second kappa shape index (κ2) is 9.20. The zero-order valence-electron chi connectivity index (χ0n) is 14.6. The largest absolute Gasteiger partial charge is 0.495 e. The summed E-state index contributed by atoms with van der Waals surface area (Å²) in [5, 5.41) is 3.23. The average molecular weight is 379 g/mol. The molecule has 5 nitrogen and oxygen atoms in total. The smallest absolute Gasteiger partial charge is 0.224 e. The Morgan fingerprint density at radius 3 is 2.50 bits per heavy atom. The molecule has 0 bridgehead atoms. The molecule has 26 heavy (non-hydrogen) atoms. The molecule has 0 aliphatic rings. The highest BCUT2D eigenvalue weighted by molar-refractivity contribution is 6.31. The Morgan fingerprint density at radius 1 is 1.19 bits per heavy atom. The van der Waals surface area contributed by atoms with E-state index in [1.807, 2.05) is 0 Å². The summed E-state index contributed by atoms with van der Waals surface area (Å²) < 4.78 is 18.2. The van der Waals surface area contributed by atoms with Crippen molar-refractivity contribution in [3.8, 4) is 5.75 Å². The van der Waals surface area contributed by atoms with Crippen LogP contribution in [-0.4, -0.2) is 32.0 Å². The van der Waals surface area contributed by atoms with Crippen LogP contribution in [0.15, 0.2) is 42.5 Å². The maximum absolute atomic E-state index is 12.9. The van der Waals surface area contributed by atoms with Crippen LogP contribution in [0, 0.1) is 5.82 Å². The van der Waals surface area contributed by atoms with Gasteiger partial charge in [-0.3, -0.25) is 9.59 Å². The van der Waals surface area contributed by atoms with E-state index >= 15 is 0 Å². The fourth-order valence-corrected chi connectivity index (χ4v) is 2.65. The molecule has 0 saturated carbocycles. The molecular weight excluding hydrogens is 359 g/mol. The molecular formula is C19H20ClFN2O3. The lowest BCUT2D eigenvalue weighted by molar-refractivity contribution is -0.121. The van der Waals surface area contributed by atoms with Crippen molar-refractivity contribution in [2.24, 2.45) is 0 Å². The van der Waals surface area contributed by atoms with Gasteiger partial charge in [0.15, 0.2) is 0 Å². The summed E-state index contributed by atoms with van der Waals surface area (Å²) in [6, 6.07) is 10.7. The van der Waals surface area contributed by atoms with Gasteiger partial charge in [0.25, 0.3) is 0 Å². The van der Waals surface area contributed by atoms with E-state index in [0.717, 1.165) is 0 Å². The second-order valence-electron chi connectivity index (χ2n) is 5.64. The molecule has 2 aromatic rings. The number of anilines is 1. The first-order valence-electron chi connectivity index (χ1n) is 8.03. The maximum Gasteiger partial charge on any atom is 0.224 e. The molecule has 0 saturated heterocycles. The van der Waals surface area contributed by atoms with Crippen LogP contribution in [0.2, 0.25) is 5.02 Å². The van der Waals surface area contributed by atoms with Crippen LogP contribution in [0.3, 0.4) is 0 Å². The number of benzene rings is 2. The number of ether oxygens (including phenoxy) is 1. The van der Waals surface area contributed by atoms with Gasteiger partial charge in [0.05, 0.1) is 19.2 Å². The Bertz CT molecular complexity index is 781. The summed E-state index contributed by atoms with van der Waals surface area (Å²) in [5.74, 6) is -0.236. The van der Waals surface area contributed by atoms with Crippen molar-refractivity contribution in [2.75, 3.05) is 25.1 Å². The predicted octanol–water partition coefficient (Wildman–Crippen LogP) is 3.20. The first-order valence-corrected chi connectivity index (χ1v) is 8.41. The summed E-state index contributed by atoms with van der Waals surface area (Å²) in [6.45, 7) is 1.96. The molecule has 0 heterocycles. The molecule has 2 amide bonds. The van der Waals surface area contributed by atoms with Gasteiger partial charge < -0.3 is 15.0 Å². The fourth-order valence-electron chi connectivity index (χ4n) is 2.48. The molecule has 0 aliphatic heterocycles. The minimum Gasteiger partial charge on any atom is -0.495 e. The van der Waals surface area contributed by atoms with Crippen LogP contribution < -0.4 is 15.0 Å². The number of methoxy groups -OCH3 is 1. The lowest BCUT2D eigenvalue weighted by Gasteiger charge is -2.23. The van der Waals surface area contributed by atoms with Crippen LogP contribution in [0.5, 0.6) is 5.75 Å². The van der Waals surface area contributed by atoms with Gasteiger partial charge in [-0.1, -0.05) is 23.7 Å². The lowest BCUT2D eigenvalue weighted by atomic mass is 10.1. The maximum atomic E-state index is 12.9. The molecule has 138 valence electrons. The minimum atomic E-state index is -0.346. The van der Waals surface area contributed by atoms with Gasteiger partial charge in [-0.2, -0.15) is 0 Å². The van der Waals surface area contributed by atoms with E-state index in [2.05, 4.69) is 5.32 Å². The lowest BCUT2D eigenvalue weighted by Crippen LogP contribution is -2.38. The molecule has 0 spiro atoms. The van der Waals surface area contributed by atoms with Gasteiger partial charge in [0, 0.05) is 25.0 Å². The predicted molar refractivity (Wildman–Crippen MR) is 99.1 cm³/mol. The van der Waals surface area contributed by atoms with E-state index in [0.29, 0.717) is 22.0 Å². The zero-order valence-corrected chi connectivity index (χ0v) is 15.3. The first kappa shape index (κ1) is 19.7. The average Bonchev–Trinajstić information content (AvgIpc) is 2.60. The molecule has 0 radical (unpaired) electrons. The number of hydrogen-bond acceptors (Lipinski definition) is 3. The molecule has 7 heteroatoms. The number of amides is 2. The fraction of sp³-hybridized carbons (Fsp3) is 0.263. The van der Waals surface area contributed by atoms with Gasteiger partial charge in [-0.05, 0) is 35.9 Å². The van der Waals surface area contributed by atoms with Crippen molar-refractivity contribution in [1.82, 2.24) is 5.32 Å². The quantitative estimate of drug-likeness (QED) is 0.805. The standard InChI is InChI=1S/C19H20ClFN2O3/c1-13(24)23(17-12-15(20)5-8-18(17)26-2)10-9-22-19(25)11-14-3-6-16(21)7-4-14/h3-8,12H,9-11H2,1-2H3,(H,22,25). The SMILES string of the molecule is COc1ccc(Cl)cc1N(CCNC(=O)Cc1ccc(F)cc1)C(C)=O. The number of hydrogen-bond donors (Lipinski definition) is 1. The van der Waals surface area contributed by atoms with E-state index in [4.69, 9.17) is 16.3 Å². The Labute approximate surface area is 156 Å². The van der Waals surface area contributed by atoms with Gasteiger partial charge in [-0.25, -0.2) is 4.39 Å². The summed E-state index contributed by atoms with van der Waals surface area (Å²) in [4.78, 5) is 25.5. The van der Waals surface area contributed by atoms with Gasteiger partial charge >= 0.3 is 0 Å². The monoisotopic (exact) mass is 378 g/mol. The van der Waals surface area contributed by atoms with Gasteiger partial charge in [-0.15, -0.1) is 0 Å². The van der Waals surface area contributed by atoms with Crippen molar-refractivity contribution < 1.29 is 18.7 Å². The topological polar surface area (TPSA) is 58.6 Å². The van der Waals surface area contributed by atoms with E-state index in [1.54, 1.807) is 30.3 Å². The summed E-state index contributed by atoms with van der Waals surface area (Å²) in [6.07, 6.45) is 0.140.